The van der Waals surface area contributed by atoms with Gasteiger partial charge in [0.15, 0.2) is 0 Å². The van der Waals surface area contributed by atoms with Crippen LogP contribution < -0.4 is 10.1 Å². The van der Waals surface area contributed by atoms with Gasteiger partial charge in [0.1, 0.15) is 5.75 Å². The standard InChI is InChI=1S/C14H21NO2/c1-3-11-10-15-9-8-14(11,16)12-6-4-5-7-13(12)17-2/h4-7,11,15-16H,3,8-10H2,1-2H3. The second-order valence-corrected chi connectivity index (χ2v) is 4.68. The first-order chi connectivity index (χ1) is 8.22. The summed E-state index contributed by atoms with van der Waals surface area (Å²) < 4.78 is 5.38. The smallest absolute Gasteiger partial charge is 0.124 e. The van der Waals surface area contributed by atoms with Crippen molar-refractivity contribution in [1.29, 1.82) is 0 Å². The summed E-state index contributed by atoms with van der Waals surface area (Å²) in [6.45, 7) is 3.84. The maximum atomic E-state index is 11.0. The zero-order valence-corrected chi connectivity index (χ0v) is 10.6. The Kier molecular flexibility index (Phi) is 3.69. The van der Waals surface area contributed by atoms with Crippen molar-refractivity contribution in [3.63, 3.8) is 0 Å². The molecule has 0 aromatic heterocycles. The van der Waals surface area contributed by atoms with Gasteiger partial charge in [-0.25, -0.2) is 0 Å². The fourth-order valence-corrected chi connectivity index (χ4v) is 2.77. The first-order valence-corrected chi connectivity index (χ1v) is 6.29. The van der Waals surface area contributed by atoms with E-state index in [1.54, 1.807) is 7.11 Å². The second kappa shape index (κ2) is 5.07. The molecule has 1 aromatic carbocycles. The first kappa shape index (κ1) is 12.4. The number of piperidine rings is 1. The Bertz CT molecular complexity index is 380. The molecule has 2 N–H and O–H groups in total. The zero-order chi connectivity index (χ0) is 12.3. The maximum Gasteiger partial charge on any atom is 0.124 e. The topological polar surface area (TPSA) is 41.5 Å². The van der Waals surface area contributed by atoms with Crippen LogP contribution in [0.3, 0.4) is 0 Å². The van der Waals surface area contributed by atoms with E-state index >= 15 is 0 Å². The molecule has 1 saturated heterocycles. The molecule has 3 nitrogen and oxygen atoms in total. The molecule has 1 heterocycles. The summed E-state index contributed by atoms with van der Waals surface area (Å²) >= 11 is 0. The van der Waals surface area contributed by atoms with Gasteiger partial charge >= 0.3 is 0 Å². The lowest BCUT2D eigenvalue weighted by molar-refractivity contribution is -0.0493. The molecule has 1 aliphatic rings. The summed E-state index contributed by atoms with van der Waals surface area (Å²) in [5, 5.41) is 14.3. The molecule has 2 unspecified atom stereocenters. The van der Waals surface area contributed by atoms with E-state index in [1.807, 2.05) is 24.3 Å². The van der Waals surface area contributed by atoms with Crippen LogP contribution in [-0.4, -0.2) is 25.3 Å². The Morgan fingerprint density at radius 2 is 2.24 bits per heavy atom. The van der Waals surface area contributed by atoms with Crippen molar-refractivity contribution in [3.05, 3.63) is 29.8 Å². The number of hydrogen-bond donors (Lipinski definition) is 2. The van der Waals surface area contributed by atoms with Crippen molar-refractivity contribution < 1.29 is 9.84 Å². The molecule has 1 aliphatic heterocycles. The molecule has 0 bridgehead atoms. The van der Waals surface area contributed by atoms with Crippen molar-refractivity contribution in [2.45, 2.75) is 25.4 Å². The Balaban J connectivity index is 2.41. The van der Waals surface area contributed by atoms with Crippen LogP contribution in [0.15, 0.2) is 24.3 Å². The van der Waals surface area contributed by atoms with E-state index in [4.69, 9.17) is 4.74 Å². The quantitative estimate of drug-likeness (QED) is 0.841. The highest BCUT2D eigenvalue weighted by molar-refractivity contribution is 5.39. The van der Waals surface area contributed by atoms with Crippen LogP contribution in [0.4, 0.5) is 0 Å². The SMILES string of the molecule is CCC1CNCCC1(O)c1ccccc1OC. The van der Waals surface area contributed by atoms with Gasteiger partial charge in [0.25, 0.3) is 0 Å². The lowest BCUT2D eigenvalue weighted by Gasteiger charge is -2.41. The largest absolute Gasteiger partial charge is 0.496 e. The van der Waals surface area contributed by atoms with E-state index in [1.165, 1.54) is 0 Å². The van der Waals surface area contributed by atoms with Crippen molar-refractivity contribution in [1.82, 2.24) is 5.32 Å². The predicted octanol–water partition coefficient (Wildman–Crippen LogP) is 1.90. The van der Waals surface area contributed by atoms with Gasteiger partial charge in [-0.1, -0.05) is 25.1 Å². The normalized spacial score (nSPS) is 29.0. The molecule has 94 valence electrons. The molecule has 1 fully saturated rings. The molecule has 2 atom stereocenters. The number of benzene rings is 1. The minimum Gasteiger partial charge on any atom is -0.496 e. The summed E-state index contributed by atoms with van der Waals surface area (Å²) in [5.41, 5.74) is 0.169. The van der Waals surface area contributed by atoms with Crippen LogP contribution in [-0.2, 0) is 5.60 Å². The van der Waals surface area contributed by atoms with Crippen molar-refractivity contribution in [2.24, 2.45) is 5.92 Å². The van der Waals surface area contributed by atoms with Gasteiger partial charge in [0.05, 0.1) is 12.7 Å². The molecular weight excluding hydrogens is 214 g/mol. The minimum atomic E-state index is -0.757. The van der Waals surface area contributed by atoms with Gasteiger partial charge in [-0.3, -0.25) is 0 Å². The van der Waals surface area contributed by atoms with E-state index in [-0.39, 0.29) is 5.92 Å². The molecule has 1 aromatic rings. The Labute approximate surface area is 103 Å². The molecular formula is C14H21NO2. The number of ether oxygens (including phenoxy) is 1. The van der Waals surface area contributed by atoms with Gasteiger partial charge in [-0.15, -0.1) is 0 Å². The predicted molar refractivity (Wildman–Crippen MR) is 68.2 cm³/mol. The van der Waals surface area contributed by atoms with E-state index in [9.17, 15) is 5.11 Å². The monoisotopic (exact) mass is 235 g/mol. The third-order valence-electron chi connectivity index (χ3n) is 3.82. The van der Waals surface area contributed by atoms with Crippen molar-refractivity contribution in [2.75, 3.05) is 20.2 Å². The molecule has 17 heavy (non-hydrogen) atoms. The van der Waals surface area contributed by atoms with Crippen molar-refractivity contribution >= 4 is 0 Å². The molecule has 0 saturated carbocycles. The lowest BCUT2D eigenvalue weighted by Crippen LogP contribution is -2.48. The first-order valence-electron chi connectivity index (χ1n) is 6.29. The van der Waals surface area contributed by atoms with Gasteiger partial charge < -0.3 is 15.2 Å². The number of para-hydroxylation sites is 1. The van der Waals surface area contributed by atoms with E-state index < -0.39 is 5.60 Å². The average molecular weight is 235 g/mol. The molecule has 3 heteroatoms. The fourth-order valence-electron chi connectivity index (χ4n) is 2.77. The van der Waals surface area contributed by atoms with E-state index in [0.29, 0.717) is 0 Å². The Morgan fingerprint density at radius 3 is 2.94 bits per heavy atom. The number of hydrogen-bond acceptors (Lipinski definition) is 3. The highest BCUT2D eigenvalue weighted by Crippen LogP contribution is 2.40. The van der Waals surface area contributed by atoms with Crippen LogP contribution in [0.5, 0.6) is 5.75 Å². The van der Waals surface area contributed by atoms with Crippen molar-refractivity contribution in [3.8, 4) is 5.75 Å². The number of aliphatic hydroxyl groups is 1. The van der Waals surface area contributed by atoms with Crippen LogP contribution >= 0.6 is 0 Å². The highest BCUT2D eigenvalue weighted by Gasteiger charge is 2.41. The maximum absolute atomic E-state index is 11.0. The fraction of sp³-hybridized carbons (Fsp3) is 0.571. The third kappa shape index (κ3) is 2.17. The van der Waals surface area contributed by atoms with Gasteiger partial charge in [-0.2, -0.15) is 0 Å². The Hall–Kier alpha value is -1.06. The van der Waals surface area contributed by atoms with Crippen LogP contribution in [0, 0.1) is 5.92 Å². The number of methoxy groups -OCH3 is 1. The lowest BCUT2D eigenvalue weighted by atomic mass is 9.75. The third-order valence-corrected chi connectivity index (χ3v) is 3.82. The highest BCUT2D eigenvalue weighted by atomic mass is 16.5. The zero-order valence-electron chi connectivity index (χ0n) is 10.6. The number of rotatable bonds is 3. The van der Waals surface area contributed by atoms with E-state index in [0.717, 1.165) is 37.2 Å². The Morgan fingerprint density at radius 1 is 1.47 bits per heavy atom. The second-order valence-electron chi connectivity index (χ2n) is 4.68. The number of nitrogens with one attached hydrogen (secondary N) is 1. The van der Waals surface area contributed by atoms with Gasteiger partial charge in [0, 0.05) is 18.0 Å². The molecule has 0 amide bonds. The summed E-state index contributed by atoms with van der Waals surface area (Å²) in [5.74, 6) is 1.03. The summed E-state index contributed by atoms with van der Waals surface area (Å²) in [6, 6.07) is 7.80. The van der Waals surface area contributed by atoms with Gasteiger partial charge in [0.2, 0.25) is 0 Å². The summed E-state index contributed by atoms with van der Waals surface area (Å²) in [7, 11) is 1.66. The molecule has 0 aliphatic carbocycles. The van der Waals surface area contributed by atoms with Crippen LogP contribution in [0.2, 0.25) is 0 Å². The average Bonchev–Trinajstić information content (AvgIpc) is 2.39. The van der Waals surface area contributed by atoms with Crippen LogP contribution in [0.1, 0.15) is 25.3 Å². The molecule has 0 radical (unpaired) electrons. The van der Waals surface area contributed by atoms with Crippen LogP contribution in [0.25, 0.3) is 0 Å². The van der Waals surface area contributed by atoms with E-state index in [2.05, 4.69) is 12.2 Å². The van der Waals surface area contributed by atoms with Gasteiger partial charge in [-0.05, 0) is 25.5 Å². The summed E-state index contributed by atoms with van der Waals surface area (Å²) in [6.07, 6.45) is 1.70. The molecule has 2 rings (SSSR count). The summed E-state index contributed by atoms with van der Waals surface area (Å²) in [4.78, 5) is 0. The molecule has 0 spiro atoms. The minimum absolute atomic E-state index is 0.243.